The van der Waals surface area contributed by atoms with Gasteiger partial charge in [0, 0.05) is 0 Å². The zero-order chi connectivity index (χ0) is 5.54. The monoisotopic (exact) mass is 122 g/mol. The maximum Gasteiger partial charge on any atom is 0.184 e. The molecule has 1 nitrogen and oxygen atoms in total. The second kappa shape index (κ2) is 5.37. The van der Waals surface area contributed by atoms with Crippen LogP contribution >= 0.6 is 21.6 Å². The highest BCUT2D eigenvalue weighted by Gasteiger charge is 1.64. The normalized spacial score (nSPS) is 10.3. The van der Waals surface area contributed by atoms with Gasteiger partial charge in [0.15, 0.2) is 5.62 Å². The predicted octanol–water partition coefficient (Wildman–Crippen LogP) is 1.74. The topological polar surface area (TPSA) is 17.1 Å². The third-order valence-electron chi connectivity index (χ3n) is 0.163. The summed E-state index contributed by atoms with van der Waals surface area (Å²) in [7, 11) is 2.38. The van der Waals surface area contributed by atoms with Crippen LogP contribution in [0.3, 0.4) is 0 Å². The minimum absolute atomic E-state index is 0.269. The van der Waals surface area contributed by atoms with E-state index in [2.05, 4.69) is 0 Å². The van der Waals surface area contributed by atoms with E-state index in [-0.39, 0.29) is 6.90 Å². The third-order valence-corrected chi connectivity index (χ3v) is 1.47. The first kappa shape index (κ1) is 4.53. The maximum absolute atomic E-state index is 9.54. The van der Waals surface area contributed by atoms with Crippen molar-refractivity contribution in [3.63, 3.8) is 0 Å². The summed E-state index contributed by atoms with van der Waals surface area (Å²) < 4.78 is 6.58. The Kier molecular flexibility index (Phi) is 4.05. The summed E-state index contributed by atoms with van der Waals surface area (Å²) in [5.74, 6) is 1.65. The Morgan fingerprint density at radius 3 is 3.50 bits per heavy atom. The lowest BCUT2D eigenvalue weighted by Crippen LogP contribution is -1.48. The molecular weight excluding hydrogens is 116 g/mol. The highest BCUT2D eigenvalue weighted by molar-refractivity contribution is 8.82. The molecular formula is C3H5OS2-. The molecule has 0 aliphatic heterocycles. The Hall–Kier alpha value is 0.370. The Balaban J connectivity index is 2.56. The molecule has 0 heterocycles. The Labute approximate surface area is 46.7 Å². The zero-order valence-corrected chi connectivity index (χ0v) is 4.72. The molecule has 0 amide bonds. The van der Waals surface area contributed by atoms with Crippen LogP contribution in [0.15, 0.2) is 0 Å². The first-order chi connectivity index (χ1) is 3.41. The fourth-order valence-electron chi connectivity index (χ4n) is 0.0620. The van der Waals surface area contributed by atoms with Gasteiger partial charge in [0.1, 0.15) is 0 Å². The van der Waals surface area contributed by atoms with Crippen LogP contribution in [0.4, 0.5) is 0 Å². The van der Waals surface area contributed by atoms with Gasteiger partial charge in [-0.05, 0) is 1.37 Å². The summed E-state index contributed by atoms with van der Waals surface area (Å²) in [5.41, 5.74) is 0.747. The zero-order valence-electron chi connectivity index (χ0n) is 4.09. The molecule has 6 heavy (non-hydrogen) atoms. The van der Waals surface area contributed by atoms with Gasteiger partial charge in [-0.1, -0.05) is 10.8 Å². The molecule has 0 aromatic carbocycles. The molecule has 0 unspecified atom stereocenters. The fourth-order valence-corrected chi connectivity index (χ4v) is 0.558. The molecule has 0 aromatic heterocycles. The van der Waals surface area contributed by atoms with E-state index in [1.54, 1.807) is 5.75 Å². The van der Waals surface area contributed by atoms with E-state index in [9.17, 15) is 4.79 Å². The van der Waals surface area contributed by atoms with Gasteiger partial charge in [-0.25, -0.2) is 0 Å². The van der Waals surface area contributed by atoms with Gasteiger partial charge in [-0.2, -0.15) is 6.90 Å². The van der Waals surface area contributed by atoms with Crippen molar-refractivity contribution in [2.24, 2.45) is 0 Å². The number of hydrogen-bond acceptors (Lipinski definition) is 3. The first-order valence-electron chi connectivity index (χ1n) is 1.99. The lowest BCUT2D eigenvalue weighted by Gasteiger charge is -1.94. The van der Waals surface area contributed by atoms with Gasteiger partial charge in [-0.3, -0.25) is 21.3 Å². The van der Waals surface area contributed by atoms with E-state index in [0.29, 0.717) is 0 Å². The molecule has 3 heteroatoms. The molecule has 0 saturated heterocycles. The fraction of sp³-hybridized carbons (Fsp3) is 0.333. The van der Waals surface area contributed by atoms with Crippen molar-refractivity contribution in [3.8, 4) is 0 Å². The summed E-state index contributed by atoms with van der Waals surface area (Å²) in [6, 6.07) is 0. The van der Waals surface area contributed by atoms with E-state index < -0.39 is 0 Å². The Bertz CT molecular complexity index is 50.2. The predicted molar refractivity (Wildman–Crippen MR) is 31.9 cm³/mol. The molecule has 36 valence electrons. The van der Waals surface area contributed by atoms with Crippen LogP contribution in [-0.4, -0.2) is 5.62 Å². The van der Waals surface area contributed by atoms with Crippen LogP contribution in [0.2, 0.25) is 0 Å². The summed E-state index contributed by atoms with van der Waals surface area (Å²) in [4.78, 5) is 9.54. The Morgan fingerprint density at radius 1 is 2.17 bits per heavy atom. The smallest absolute Gasteiger partial charge is 0.184 e. The summed E-state index contributed by atoms with van der Waals surface area (Å²) in [5, 5.41) is 0. The highest BCUT2D eigenvalue weighted by atomic mass is 33.1. The Morgan fingerprint density at radius 2 is 3.00 bits per heavy atom. The number of carbonyl (C=O) groups excluding carboxylic acids is 1. The molecule has 0 spiro atoms. The van der Waals surface area contributed by atoms with Crippen molar-refractivity contribution in [2.45, 2.75) is 6.90 Å². The molecule has 0 atom stereocenters. The number of rotatable bonds is 3. The second-order valence-corrected chi connectivity index (χ2v) is 2.52. The van der Waals surface area contributed by atoms with Crippen molar-refractivity contribution in [3.05, 3.63) is 5.75 Å². The molecule has 0 radical (unpaired) electrons. The minimum atomic E-state index is 0.269. The lowest BCUT2D eigenvalue weighted by atomic mass is 11.0. The second-order valence-electron chi connectivity index (χ2n) is 0.455. The van der Waals surface area contributed by atoms with E-state index in [0.717, 1.165) is 16.4 Å². The van der Waals surface area contributed by atoms with Crippen molar-refractivity contribution in [1.82, 2.24) is 0 Å². The molecule has 0 saturated carbocycles. The molecule has 0 aromatic rings. The SMILES string of the molecule is [2H]C[CH-]SSC=O. The van der Waals surface area contributed by atoms with Crippen molar-refractivity contribution < 1.29 is 6.17 Å². The van der Waals surface area contributed by atoms with Gasteiger partial charge < -0.3 is 0 Å². The van der Waals surface area contributed by atoms with Gasteiger partial charge >= 0.3 is 0 Å². The number of carbonyl (C=O) groups is 1. The lowest BCUT2D eigenvalue weighted by molar-refractivity contribution is 0.570. The van der Waals surface area contributed by atoms with Gasteiger partial charge in [0.2, 0.25) is 0 Å². The van der Waals surface area contributed by atoms with E-state index >= 15 is 0 Å². The summed E-state index contributed by atoms with van der Waals surface area (Å²) >= 11 is 0. The van der Waals surface area contributed by atoms with Crippen LogP contribution in [0.25, 0.3) is 0 Å². The summed E-state index contributed by atoms with van der Waals surface area (Å²) in [6.07, 6.45) is 0. The largest absolute Gasteiger partial charge is 0.290 e. The first-order valence-corrected chi connectivity index (χ1v) is 3.56. The van der Waals surface area contributed by atoms with Crippen LogP contribution < -0.4 is 0 Å². The minimum Gasteiger partial charge on any atom is -0.290 e. The molecule has 0 aliphatic carbocycles. The molecule has 0 aliphatic rings. The van der Waals surface area contributed by atoms with Crippen molar-refractivity contribution in [1.29, 1.82) is 0 Å². The van der Waals surface area contributed by atoms with Gasteiger partial charge in [0.05, 0.1) is 0 Å². The third kappa shape index (κ3) is 4.37. The number of hydrogen-bond donors (Lipinski definition) is 0. The van der Waals surface area contributed by atoms with Crippen LogP contribution in [-0.2, 0) is 4.79 Å². The average Bonchev–Trinajstić information content (AvgIpc) is 1.69. The molecule has 0 bridgehead atoms. The molecule has 0 N–H and O–H groups in total. The van der Waals surface area contributed by atoms with E-state index in [4.69, 9.17) is 1.37 Å². The van der Waals surface area contributed by atoms with E-state index in [1.165, 1.54) is 10.8 Å². The van der Waals surface area contributed by atoms with Crippen molar-refractivity contribution in [2.75, 3.05) is 0 Å². The summed E-state index contributed by atoms with van der Waals surface area (Å²) in [6.45, 7) is 0.269. The standard InChI is InChI=1S/C3H5OS2/c1-2-5-6-3-4/h2-3H,1H3/q-1/i1D. The quantitative estimate of drug-likeness (QED) is 0.246. The maximum atomic E-state index is 9.54. The highest BCUT2D eigenvalue weighted by Crippen LogP contribution is 2.19. The molecule has 0 rings (SSSR count). The van der Waals surface area contributed by atoms with Crippen LogP contribution in [0, 0.1) is 5.75 Å². The van der Waals surface area contributed by atoms with Gasteiger partial charge in [0.25, 0.3) is 0 Å². The average molecular weight is 122 g/mol. The van der Waals surface area contributed by atoms with E-state index in [1.807, 2.05) is 0 Å². The van der Waals surface area contributed by atoms with Gasteiger partial charge in [-0.15, -0.1) is 0 Å². The van der Waals surface area contributed by atoms with Crippen LogP contribution in [0.1, 0.15) is 8.27 Å². The molecule has 0 fully saturated rings. The van der Waals surface area contributed by atoms with Crippen molar-refractivity contribution >= 4 is 27.2 Å². The van der Waals surface area contributed by atoms with Crippen LogP contribution in [0.5, 0.6) is 0 Å².